The van der Waals surface area contributed by atoms with Gasteiger partial charge in [0.1, 0.15) is 0 Å². The van der Waals surface area contributed by atoms with E-state index >= 15 is 0 Å². The predicted molar refractivity (Wildman–Crippen MR) is 62.3 cm³/mol. The Kier molecular flexibility index (Phi) is 7.10. The molecule has 0 aromatic carbocycles. The van der Waals surface area contributed by atoms with E-state index in [1.807, 2.05) is 13.8 Å². The number of carbonyl (C=O) groups is 1. The summed E-state index contributed by atoms with van der Waals surface area (Å²) >= 11 is 4.78. The van der Waals surface area contributed by atoms with Crippen molar-refractivity contribution >= 4 is 23.2 Å². The fourth-order valence-electron chi connectivity index (χ4n) is 1.02. The minimum atomic E-state index is -0.144. The highest BCUT2D eigenvalue weighted by molar-refractivity contribution is 7.80. The van der Waals surface area contributed by atoms with Crippen molar-refractivity contribution in [3.05, 3.63) is 0 Å². The summed E-state index contributed by atoms with van der Waals surface area (Å²) in [5, 5.41) is 5.55. The smallest absolute Gasteiger partial charge is 0.315 e. The summed E-state index contributed by atoms with van der Waals surface area (Å²) in [5.41, 5.74) is 5.40. The topological polar surface area (TPSA) is 67.2 Å². The summed E-state index contributed by atoms with van der Waals surface area (Å²) in [6, 6.07) is -0.0979. The quantitative estimate of drug-likeness (QED) is 0.585. The maximum absolute atomic E-state index is 11.2. The van der Waals surface area contributed by atoms with Crippen molar-refractivity contribution < 1.29 is 4.79 Å². The lowest BCUT2D eigenvalue weighted by Crippen LogP contribution is -2.43. The molecule has 0 saturated carbocycles. The summed E-state index contributed by atoms with van der Waals surface area (Å²) in [7, 11) is 0. The normalized spacial score (nSPS) is 11.9. The molecule has 0 aromatic heterocycles. The molecule has 0 saturated heterocycles. The van der Waals surface area contributed by atoms with Crippen LogP contribution < -0.4 is 16.4 Å². The van der Waals surface area contributed by atoms with Crippen LogP contribution >= 0.6 is 12.2 Å². The number of carbonyl (C=O) groups excluding carboxylic acids is 1. The highest BCUT2D eigenvalue weighted by atomic mass is 32.1. The molecule has 0 heterocycles. The summed E-state index contributed by atoms with van der Waals surface area (Å²) in [6.45, 7) is 4.69. The van der Waals surface area contributed by atoms with E-state index in [0.29, 0.717) is 18.0 Å². The van der Waals surface area contributed by atoms with E-state index in [2.05, 4.69) is 10.6 Å². The Morgan fingerprint density at radius 3 is 2.57 bits per heavy atom. The van der Waals surface area contributed by atoms with Crippen LogP contribution in [0.4, 0.5) is 4.79 Å². The van der Waals surface area contributed by atoms with Gasteiger partial charge in [-0.2, -0.15) is 0 Å². The van der Waals surface area contributed by atoms with E-state index in [1.54, 1.807) is 0 Å². The molecule has 1 atom stereocenters. The summed E-state index contributed by atoms with van der Waals surface area (Å²) < 4.78 is 0. The first-order valence-electron chi connectivity index (χ1n) is 4.92. The molecule has 4 nitrogen and oxygen atoms in total. The Morgan fingerprint density at radius 1 is 1.50 bits per heavy atom. The molecule has 5 heteroatoms. The maximum atomic E-state index is 11.2. The molecule has 82 valence electrons. The lowest BCUT2D eigenvalue weighted by atomic mass is 10.1. The van der Waals surface area contributed by atoms with Gasteiger partial charge in [-0.3, -0.25) is 0 Å². The Balaban J connectivity index is 3.80. The molecule has 0 aromatic rings. The number of hydrogen-bond acceptors (Lipinski definition) is 2. The van der Waals surface area contributed by atoms with Gasteiger partial charge < -0.3 is 16.4 Å². The van der Waals surface area contributed by atoms with E-state index < -0.39 is 0 Å². The van der Waals surface area contributed by atoms with Crippen LogP contribution in [0.15, 0.2) is 0 Å². The highest BCUT2D eigenvalue weighted by Gasteiger charge is 2.10. The number of thiocarbonyl (C=S) groups is 1. The zero-order valence-corrected chi connectivity index (χ0v) is 9.62. The standard InChI is InChI=1S/C9H19N3OS/c1-3-5-11-9(13)12-7(4-2)6-8(10)14/h7H,3-6H2,1-2H3,(H2,10,14)(H2,11,12,13). The second-order valence-corrected chi connectivity index (χ2v) is 3.70. The third-order valence-electron chi connectivity index (χ3n) is 1.81. The van der Waals surface area contributed by atoms with Gasteiger partial charge in [-0.05, 0) is 12.8 Å². The van der Waals surface area contributed by atoms with Crippen molar-refractivity contribution in [2.75, 3.05) is 6.54 Å². The molecular formula is C9H19N3OS. The van der Waals surface area contributed by atoms with Crippen LogP contribution in [-0.4, -0.2) is 23.6 Å². The first-order chi connectivity index (χ1) is 6.60. The Labute approximate surface area is 90.6 Å². The van der Waals surface area contributed by atoms with Gasteiger partial charge in [0.2, 0.25) is 0 Å². The first-order valence-corrected chi connectivity index (χ1v) is 5.33. The number of nitrogens with one attached hydrogen (secondary N) is 2. The molecule has 4 N–H and O–H groups in total. The molecule has 0 aliphatic carbocycles. The summed E-state index contributed by atoms with van der Waals surface area (Å²) in [5.74, 6) is 0. The second kappa shape index (κ2) is 7.55. The minimum absolute atomic E-state index is 0.0457. The SMILES string of the molecule is CCCNC(=O)NC(CC)CC(N)=S. The van der Waals surface area contributed by atoms with Crippen LogP contribution in [0.3, 0.4) is 0 Å². The van der Waals surface area contributed by atoms with Crippen molar-refractivity contribution in [2.45, 2.75) is 39.2 Å². The zero-order chi connectivity index (χ0) is 11.0. The minimum Gasteiger partial charge on any atom is -0.393 e. The monoisotopic (exact) mass is 217 g/mol. The molecule has 1 unspecified atom stereocenters. The van der Waals surface area contributed by atoms with Gasteiger partial charge >= 0.3 is 6.03 Å². The van der Waals surface area contributed by atoms with Gasteiger partial charge in [0.25, 0.3) is 0 Å². The van der Waals surface area contributed by atoms with Crippen molar-refractivity contribution in [3.63, 3.8) is 0 Å². The molecule has 0 radical (unpaired) electrons. The van der Waals surface area contributed by atoms with E-state index in [4.69, 9.17) is 18.0 Å². The van der Waals surface area contributed by atoms with Crippen LogP contribution in [0.1, 0.15) is 33.1 Å². The molecule has 0 aliphatic heterocycles. The molecule has 2 amide bonds. The van der Waals surface area contributed by atoms with Gasteiger partial charge in [0, 0.05) is 19.0 Å². The van der Waals surface area contributed by atoms with Crippen molar-refractivity contribution in [2.24, 2.45) is 5.73 Å². The van der Waals surface area contributed by atoms with Gasteiger partial charge in [0.05, 0.1) is 4.99 Å². The fraction of sp³-hybridized carbons (Fsp3) is 0.778. The lowest BCUT2D eigenvalue weighted by Gasteiger charge is -2.16. The van der Waals surface area contributed by atoms with Crippen LogP contribution in [0.2, 0.25) is 0 Å². The average molecular weight is 217 g/mol. The van der Waals surface area contributed by atoms with Gasteiger partial charge in [-0.25, -0.2) is 4.79 Å². The zero-order valence-electron chi connectivity index (χ0n) is 8.80. The highest BCUT2D eigenvalue weighted by Crippen LogP contribution is 1.97. The van der Waals surface area contributed by atoms with Crippen molar-refractivity contribution in [1.29, 1.82) is 0 Å². The van der Waals surface area contributed by atoms with E-state index in [-0.39, 0.29) is 12.1 Å². The summed E-state index contributed by atoms with van der Waals surface area (Å²) in [4.78, 5) is 11.7. The fourth-order valence-corrected chi connectivity index (χ4v) is 1.22. The Morgan fingerprint density at radius 2 is 2.14 bits per heavy atom. The Hall–Kier alpha value is -0.840. The number of amides is 2. The first kappa shape index (κ1) is 13.2. The van der Waals surface area contributed by atoms with Gasteiger partial charge in [-0.15, -0.1) is 0 Å². The Bertz CT molecular complexity index is 196. The molecule has 0 spiro atoms. The number of urea groups is 1. The third kappa shape index (κ3) is 6.65. The van der Waals surface area contributed by atoms with Crippen molar-refractivity contribution in [1.82, 2.24) is 10.6 Å². The third-order valence-corrected chi connectivity index (χ3v) is 1.98. The predicted octanol–water partition coefficient (Wildman–Crippen LogP) is 1.15. The molecule has 0 bridgehead atoms. The molecular weight excluding hydrogens is 198 g/mol. The van der Waals surface area contributed by atoms with Gasteiger partial charge in [0.15, 0.2) is 0 Å². The lowest BCUT2D eigenvalue weighted by molar-refractivity contribution is 0.237. The van der Waals surface area contributed by atoms with Crippen LogP contribution in [0.25, 0.3) is 0 Å². The molecule has 0 aliphatic rings. The van der Waals surface area contributed by atoms with Crippen LogP contribution in [0, 0.1) is 0 Å². The summed E-state index contributed by atoms with van der Waals surface area (Å²) in [6.07, 6.45) is 2.32. The van der Waals surface area contributed by atoms with Crippen LogP contribution in [0.5, 0.6) is 0 Å². The number of hydrogen-bond donors (Lipinski definition) is 3. The number of nitrogens with two attached hydrogens (primary N) is 1. The molecule has 0 rings (SSSR count). The van der Waals surface area contributed by atoms with E-state index in [9.17, 15) is 4.79 Å². The van der Waals surface area contributed by atoms with Crippen molar-refractivity contribution in [3.8, 4) is 0 Å². The van der Waals surface area contributed by atoms with E-state index in [1.165, 1.54) is 0 Å². The largest absolute Gasteiger partial charge is 0.393 e. The molecule has 14 heavy (non-hydrogen) atoms. The molecule has 0 fully saturated rings. The maximum Gasteiger partial charge on any atom is 0.315 e. The van der Waals surface area contributed by atoms with Gasteiger partial charge in [-0.1, -0.05) is 26.1 Å². The number of rotatable bonds is 6. The van der Waals surface area contributed by atoms with Crippen LogP contribution in [-0.2, 0) is 0 Å². The second-order valence-electron chi connectivity index (χ2n) is 3.18. The average Bonchev–Trinajstić information content (AvgIpc) is 2.12. The van der Waals surface area contributed by atoms with E-state index in [0.717, 1.165) is 12.8 Å².